The van der Waals surface area contributed by atoms with Crippen molar-refractivity contribution in [3.63, 3.8) is 0 Å². The van der Waals surface area contributed by atoms with Crippen molar-refractivity contribution in [3.8, 4) is 17.2 Å². The Hall–Kier alpha value is -3.22. The summed E-state index contributed by atoms with van der Waals surface area (Å²) in [5.74, 6) is 1.83. The number of rotatable bonds is 12. The first-order valence-corrected chi connectivity index (χ1v) is 12.6. The minimum absolute atomic E-state index is 0.288. The normalized spacial score (nSPS) is 11.8. The van der Waals surface area contributed by atoms with Crippen LogP contribution in [-0.4, -0.2) is 31.9 Å². The Morgan fingerprint density at radius 2 is 1.75 bits per heavy atom. The van der Waals surface area contributed by atoms with E-state index in [9.17, 15) is 4.79 Å². The molecule has 6 nitrogen and oxygen atoms in total. The van der Waals surface area contributed by atoms with Gasteiger partial charge in [0.25, 0.3) is 5.91 Å². The van der Waals surface area contributed by atoms with E-state index in [0.717, 1.165) is 12.2 Å². The summed E-state index contributed by atoms with van der Waals surface area (Å²) in [6.07, 6.45) is 2.58. The Labute approximate surface area is 222 Å². The van der Waals surface area contributed by atoms with Crippen LogP contribution in [0.25, 0.3) is 0 Å². The molecule has 0 aliphatic heterocycles. The molecule has 0 spiro atoms. The zero-order valence-corrected chi connectivity index (χ0v) is 22.1. The molecule has 190 valence electrons. The summed E-state index contributed by atoms with van der Waals surface area (Å²) in [6, 6.07) is 18.2. The number of hydrazone groups is 1. The van der Waals surface area contributed by atoms with Crippen LogP contribution in [-0.2, 0) is 0 Å². The summed E-state index contributed by atoms with van der Waals surface area (Å²) in [5, 5.41) is 4.84. The van der Waals surface area contributed by atoms with E-state index in [-0.39, 0.29) is 12.5 Å². The number of benzene rings is 3. The lowest BCUT2D eigenvalue weighted by Gasteiger charge is -2.15. The van der Waals surface area contributed by atoms with Crippen LogP contribution in [0.3, 0.4) is 0 Å². The van der Waals surface area contributed by atoms with Crippen LogP contribution in [0.2, 0.25) is 10.0 Å². The first-order valence-electron chi connectivity index (χ1n) is 11.8. The summed E-state index contributed by atoms with van der Waals surface area (Å²) in [7, 11) is 0. The fourth-order valence-electron chi connectivity index (χ4n) is 3.36. The lowest BCUT2D eigenvalue weighted by molar-refractivity contribution is 0.0955. The van der Waals surface area contributed by atoms with Crippen LogP contribution in [0.5, 0.6) is 17.2 Å². The fourth-order valence-corrected chi connectivity index (χ4v) is 3.82. The molecule has 0 unspecified atom stereocenters. The third kappa shape index (κ3) is 7.90. The number of halogens is 2. The maximum atomic E-state index is 12.2. The van der Waals surface area contributed by atoms with Crippen molar-refractivity contribution in [1.29, 1.82) is 0 Å². The van der Waals surface area contributed by atoms with Gasteiger partial charge < -0.3 is 14.2 Å². The highest BCUT2D eigenvalue weighted by molar-refractivity contribution is 6.32. The van der Waals surface area contributed by atoms with Gasteiger partial charge in [-0.3, -0.25) is 4.79 Å². The largest absolute Gasteiger partial charge is 0.490 e. The van der Waals surface area contributed by atoms with Crippen LogP contribution >= 0.6 is 23.2 Å². The number of amides is 1. The van der Waals surface area contributed by atoms with E-state index in [4.69, 9.17) is 37.4 Å². The molecule has 36 heavy (non-hydrogen) atoms. The van der Waals surface area contributed by atoms with E-state index in [1.54, 1.807) is 36.4 Å². The molecule has 1 amide bonds. The molecule has 0 heterocycles. The quantitative estimate of drug-likeness (QED) is 0.154. The molecule has 1 atom stereocenters. The van der Waals surface area contributed by atoms with Gasteiger partial charge in [0.05, 0.1) is 17.8 Å². The third-order valence-electron chi connectivity index (χ3n) is 5.46. The number of nitrogens with zero attached hydrogens (tertiary/aromatic N) is 1. The first-order chi connectivity index (χ1) is 17.4. The molecule has 1 N–H and O–H groups in total. The summed E-state index contributed by atoms with van der Waals surface area (Å²) in [6.45, 7) is 7.32. The fraction of sp³-hybridized carbons (Fsp3) is 0.286. The Kier molecular flexibility index (Phi) is 10.5. The van der Waals surface area contributed by atoms with Gasteiger partial charge in [-0.2, -0.15) is 5.10 Å². The highest BCUT2D eigenvalue weighted by Gasteiger charge is 2.13. The van der Waals surface area contributed by atoms with Gasteiger partial charge in [-0.1, -0.05) is 55.2 Å². The molecule has 3 aromatic carbocycles. The lowest BCUT2D eigenvalue weighted by Crippen LogP contribution is -2.17. The van der Waals surface area contributed by atoms with Crippen LogP contribution in [0.1, 0.15) is 54.6 Å². The summed E-state index contributed by atoms with van der Waals surface area (Å²) in [5.41, 5.74) is 4.81. The van der Waals surface area contributed by atoms with Crippen molar-refractivity contribution in [3.05, 3.63) is 87.4 Å². The minimum atomic E-state index is -0.376. The topological polar surface area (TPSA) is 69.2 Å². The summed E-state index contributed by atoms with van der Waals surface area (Å²) < 4.78 is 17.4. The average Bonchev–Trinajstić information content (AvgIpc) is 2.87. The van der Waals surface area contributed by atoms with Gasteiger partial charge in [-0.05, 0) is 72.9 Å². The zero-order chi connectivity index (χ0) is 25.9. The van der Waals surface area contributed by atoms with Gasteiger partial charge >= 0.3 is 0 Å². The van der Waals surface area contributed by atoms with Crippen molar-refractivity contribution >= 4 is 35.3 Å². The van der Waals surface area contributed by atoms with Crippen LogP contribution < -0.4 is 19.6 Å². The van der Waals surface area contributed by atoms with E-state index in [2.05, 4.69) is 36.5 Å². The highest BCUT2D eigenvalue weighted by atomic mass is 35.5. The first kappa shape index (κ1) is 27.4. The Morgan fingerprint density at radius 3 is 2.44 bits per heavy atom. The summed E-state index contributed by atoms with van der Waals surface area (Å²) in [4.78, 5) is 12.2. The minimum Gasteiger partial charge on any atom is -0.490 e. The van der Waals surface area contributed by atoms with Crippen molar-refractivity contribution in [2.24, 2.45) is 5.10 Å². The molecule has 0 radical (unpaired) electrons. The predicted molar refractivity (Wildman–Crippen MR) is 145 cm³/mol. The smallest absolute Gasteiger partial charge is 0.271 e. The number of hydrogen-bond donors (Lipinski definition) is 1. The number of carbonyl (C=O) groups is 1. The van der Waals surface area contributed by atoms with Gasteiger partial charge in [0.15, 0.2) is 11.5 Å². The zero-order valence-electron chi connectivity index (χ0n) is 20.6. The molecule has 3 aromatic rings. The molecule has 0 aromatic heterocycles. The van der Waals surface area contributed by atoms with E-state index < -0.39 is 0 Å². The second kappa shape index (κ2) is 13.8. The molecule has 0 aliphatic carbocycles. The standard InChI is InChI=1S/C28H30Cl2N2O4/c1-4-19(3)21-9-11-24(12-10-21)35-13-14-36-27-25(30)15-20(16-26(27)34-5-2)18-31-32-28(33)22-7-6-8-23(29)17-22/h6-12,15-19H,4-5,13-14H2,1-3H3,(H,32,33)/b31-18-/t19-/m0/s1. The van der Waals surface area contributed by atoms with Gasteiger partial charge in [0.1, 0.15) is 19.0 Å². The van der Waals surface area contributed by atoms with Crippen molar-refractivity contribution < 1.29 is 19.0 Å². The van der Waals surface area contributed by atoms with Gasteiger partial charge in [-0.25, -0.2) is 5.43 Å². The monoisotopic (exact) mass is 528 g/mol. The van der Waals surface area contributed by atoms with Crippen molar-refractivity contribution in [2.45, 2.75) is 33.1 Å². The van der Waals surface area contributed by atoms with Crippen molar-refractivity contribution in [2.75, 3.05) is 19.8 Å². The molecule has 3 rings (SSSR count). The molecular formula is C28H30Cl2N2O4. The molecule has 0 saturated heterocycles. The Bertz CT molecular complexity index is 1180. The molecule has 8 heteroatoms. The predicted octanol–water partition coefficient (Wildman–Crippen LogP) is 7.13. The van der Waals surface area contributed by atoms with E-state index >= 15 is 0 Å². The maximum absolute atomic E-state index is 12.2. The Morgan fingerprint density at radius 1 is 1.00 bits per heavy atom. The Balaban J connectivity index is 1.58. The second-order valence-corrected chi connectivity index (χ2v) is 8.89. The average molecular weight is 529 g/mol. The highest BCUT2D eigenvalue weighted by Crippen LogP contribution is 2.36. The number of ether oxygens (including phenoxy) is 3. The maximum Gasteiger partial charge on any atom is 0.271 e. The lowest BCUT2D eigenvalue weighted by atomic mass is 9.99. The molecule has 0 aliphatic rings. The van der Waals surface area contributed by atoms with Crippen LogP contribution in [0.4, 0.5) is 0 Å². The van der Waals surface area contributed by atoms with E-state index in [1.807, 2.05) is 19.1 Å². The molecule has 0 bridgehead atoms. The number of carbonyl (C=O) groups excluding carboxylic acids is 1. The summed E-state index contributed by atoms with van der Waals surface area (Å²) >= 11 is 12.4. The molecule has 0 fully saturated rings. The van der Waals surface area contributed by atoms with Gasteiger partial charge in [0, 0.05) is 10.6 Å². The SMILES string of the molecule is CCOc1cc(/C=N\NC(=O)c2cccc(Cl)c2)cc(Cl)c1OCCOc1ccc([C@@H](C)CC)cc1. The van der Waals surface area contributed by atoms with E-state index in [0.29, 0.717) is 51.8 Å². The van der Waals surface area contributed by atoms with Crippen molar-refractivity contribution in [1.82, 2.24) is 5.43 Å². The second-order valence-electron chi connectivity index (χ2n) is 8.05. The number of hydrogen-bond acceptors (Lipinski definition) is 5. The van der Waals surface area contributed by atoms with Crippen LogP contribution in [0.15, 0.2) is 65.8 Å². The van der Waals surface area contributed by atoms with Gasteiger partial charge in [0.2, 0.25) is 0 Å². The molecule has 0 saturated carbocycles. The van der Waals surface area contributed by atoms with Crippen LogP contribution in [0, 0.1) is 0 Å². The molecular weight excluding hydrogens is 499 g/mol. The van der Waals surface area contributed by atoms with Gasteiger partial charge in [-0.15, -0.1) is 0 Å². The van der Waals surface area contributed by atoms with E-state index in [1.165, 1.54) is 11.8 Å². The number of nitrogens with one attached hydrogen (secondary N) is 1. The third-order valence-corrected chi connectivity index (χ3v) is 5.97.